The van der Waals surface area contributed by atoms with Gasteiger partial charge in [0.1, 0.15) is 0 Å². The molecule has 0 amide bonds. The minimum atomic E-state index is 0.236. The second kappa shape index (κ2) is 4.03. The number of benzene rings is 1. The van der Waals surface area contributed by atoms with Gasteiger partial charge in [0.15, 0.2) is 0 Å². The van der Waals surface area contributed by atoms with Crippen LogP contribution in [-0.4, -0.2) is 0 Å². The average molecular weight is 254 g/mol. The van der Waals surface area contributed by atoms with Crippen molar-refractivity contribution in [3.05, 3.63) is 33.3 Å². The molecule has 0 aliphatic heterocycles. The highest BCUT2D eigenvalue weighted by Crippen LogP contribution is 2.35. The second-order valence-electron chi connectivity index (χ2n) is 3.95. The van der Waals surface area contributed by atoms with E-state index in [0.717, 1.165) is 12.8 Å². The number of fused-ring (bicyclic) bond motifs is 1. The molecule has 0 aromatic heterocycles. The third kappa shape index (κ3) is 1.61. The molecule has 1 atom stereocenters. The van der Waals surface area contributed by atoms with Gasteiger partial charge in [-0.05, 0) is 48.4 Å². The first kappa shape index (κ1) is 10.2. The van der Waals surface area contributed by atoms with Crippen LogP contribution in [0.4, 0.5) is 0 Å². The third-order valence-electron chi connectivity index (χ3n) is 3.09. The summed E-state index contributed by atoms with van der Waals surface area (Å²) in [4.78, 5) is 0. The first-order valence-electron chi connectivity index (χ1n) is 5.29. The van der Waals surface area contributed by atoms with Crippen LogP contribution in [0.25, 0.3) is 0 Å². The Morgan fingerprint density at radius 3 is 3.00 bits per heavy atom. The summed E-state index contributed by atoms with van der Waals surface area (Å²) in [6.45, 7) is 2.21. The van der Waals surface area contributed by atoms with Gasteiger partial charge in [-0.2, -0.15) is 0 Å². The number of hydrogen-bond donors (Lipinski definition) is 1. The van der Waals surface area contributed by atoms with Crippen LogP contribution in [0, 0.1) is 0 Å². The molecule has 0 bridgehead atoms. The normalized spacial score (nSPS) is 20.6. The molecule has 0 spiro atoms. The molecule has 1 nitrogen and oxygen atoms in total. The molecule has 0 saturated heterocycles. The highest BCUT2D eigenvalue weighted by Gasteiger charge is 2.21. The minimum Gasteiger partial charge on any atom is -0.324 e. The monoisotopic (exact) mass is 253 g/mol. The van der Waals surface area contributed by atoms with Gasteiger partial charge >= 0.3 is 0 Å². The summed E-state index contributed by atoms with van der Waals surface area (Å²) in [7, 11) is 0. The van der Waals surface area contributed by atoms with E-state index in [9.17, 15) is 0 Å². The van der Waals surface area contributed by atoms with E-state index < -0.39 is 0 Å². The molecule has 0 saturated carbocycles. The SMILES string of the molecule is CCc1ccc(Br)c2c1CCCC2N. The molecule has 1 aliphatic rings. The van der Waals surface area contributed by atoms with E-state index >= 15 is 0 Å². The molecule has 76 valence electrons. The van der Waals surface area contributed by atoms with Crippen LogP contribution in [0.1, 0.15) is 42.5 Å². The first-order chi connectivity index (χ1) is 6.74. The maximum Gasteiger partial charge on any atom is 0.0309 e. The summed E-state index contributed by atoms with van der Waals surface area (Å²) in [5.41, 5.74) is 10.5. The van der Waals surface area contributed by atoms with Gasteiger partial charge in [-0.15, -0.1) is 0 Å². The Bertz CT molecular complexity index is 346. The molecule has 2 rings (SSSR count). The summed E-state index contributed by atoms with van der Waals surface area (Å²) in [5, 5.41) is 0. The fourth-order valence-corrected chi connectivity index (χ4v) is 3.02. The molecule has 0 fully saturated rings. The Morgan fingerprint density at radius 1 is 1.50 bits per heavy atom. The highest BCUT2D eigenvalue weighted by atomic mass is 79.9. The lowest BCUT2D eigenvalue weighted by Gasteiger charge is -2.25. The van der Waals surface area contributed by atoms with Gasteiger partial charge in [-0.3, -0.25) is 0 Å². The van der Waals surface area contributed by atoms with Crippen molar-refractivity contribution < 1.29 is 0 Å². The van der Waals surface area contributed by atoms with Crippen molar-refractivity contribution in [3.8, 4) is 0 Å². The maximum atomic E-state index is 6.14. The van der Waals surface area contributed by atoms with Gasteiger partial charge < -0.3 is 5.73 Å². The lowest BCUT2D eigenvalue weighted by atomic mass is 9.85. The Balaban J connectivity index is 2.57. The number of hydrogen-bond acceptors (Lipinski definition) is 1. The zero-order valence-corrected chi connectivity index (χ0v) is 10.1. The summed E-state index contributed by atoms with van der Waals surface area (Å²) >= 11 is 3.61. The lowest BCUT2D eigenvalue weighted by molar-refractivity contribution is 0.565. The standard InChI is InChI=1S/C12H16BrN/c1-2-8-6-7-10(13)12-9(8)4-3-5-11(12)14/h6-7,11H,2-5,14H2,1H3. The maximum absolute atomic E-state index is 6.14. The molecule has 1 aromatic carbocycles. The van der Waals surface area contributed by atoms with Crippen molar-refractivity contribution in [2.75, 3.05) is 0 Å². The Morgan fingerprint density at radius 2 is 2.29 bits per heavy atom. The van der Waals surface area contributed by atoms with Crippen LogP contribution in [0.2, 0.25) is 0 Å². The second-order valence-corrected chi connectivity index (χ2v) is 4.81. The van der Waals surface area contributed by atoms with E-state index in [2.05, 4.69) is 35.0 Å². The van der Waals surface area contributed by atoms with Gasteiger partial charge in [0.25, 0.3) is 0 Å². The van der Waals surface area contributed by atoms with Crippen LogP contribution >= 0.6 is 15.9 Å². The Hall–Kier alpha value is -0.340. The van der Waals surface area contributed by atoms with Crippen LogP contribution in [-0.2, 0) is 12.8 Å². The zero-order valence-electron chi connectivity index (χ0n) is 8.52. The van der Waals surface area contributed by atoms with E-state index in [1.807, 2.05) is 0 Å². The molecule has 14 heavy (non-hydrogen) atoms. The van der Waals surface area contributed by atoms with Crippen molar-refractivity contribution in [1.82, 2.24) is 0 Å². The van der Waals surface area contributed by atoms with E-state index in [-0.39, 0.29) is 6.04 Å². The molecule has 2 heteroatoms. The molecule has 0 radical (unpaired) electrons. The van der Waals surface area contributed by atoms with Gasteiger partial charge in [0.2, 0.25) is 0 Å². The molecule has 1 aliphatic carbocycles. The zero-order chi connectivity index (χ0) is 10.1. The Kier molecular flexibility index (Phi) is 2.93. The van der Waals surface area contributed by atoms with Crippen LogP contribution in [0.5, 0.6) is 0 Å². The van der Waals surface area contributed by atoms with Crippen molar-refractivity contribution in [3.63, 3.8) is 0 Å². The van der Waals surface area contributed by atoms with E-state index in [0.29, 0.717) is 0 Å². The molecular formula is C12H16BrN. The molecular weight excluding hydrogens is 238 g/mol. The summed E-state index contributed by atoms with van der Waals surface area (Å²) < 4.78 is 1.19. The topological polar surface area (TPSA) is 26.0 Å². The van der Waals surface area contributed by atoms with Crippen molar-refractivity contribution in [2.24, 2.45) is 5.73 Å². The fourth-order valence-electron chi connectivity index (χ4n) is 2.35. The van der Waals surface area contributed by atoms with Crippen molar-refractivity contribution in [1.29, 1.82) is 0 Å². The molecule has 0 heterocycles. The Labute approximate surface area is 93.8 Å². The third-order valence-corrected chi connectivity index (χ3v) is 3.79. The van der Waals surface area contributed by atoms with Gasteiger partial charge in [0, 0.05) is 10.5 Å². The molecule has 1 unspecified atom stereocenters. The van der Waals surface area contributed by atoms with Crippen molar-refractivity contribution >= 4 is 15.9 Å². The summed E-state index contributed by atoms with van der Waals surface area (Å²) in [6, 6.07) is 4.60. The number of nitrogens with two attached hydrogens (primary N) is 1. The molecule has 1 aromatic rings. The fraction of sp³-hybridized carbons (Fsp3) is 0.500. The minimum absolute atomic E-state index is 0.236. The van der Waals surface area contributed by atoms with Crippen LogP contribution in [0.3, 0.4) is 0 Å². The predicted molar refractivity (Wildman–Crippen MR) is 63.4 cm³/mol. The van der Waals surface area contributed by atoms with E-state index in [1.54, 1.807) is 0 Å². The quantitative estimate of drug-likeness (QED) is 0.817. The van der Waals surface area contributed by atoms with Crippen molar-refractivity contribution in [2.45, 2.75) is 38.6 Å². The van der Waals surface area contributed by atoms with E-state index in [1.165, 1.54) is 34.0 Å². The average Bonchev–Trinajstić information content (AvgIpc) is 2.18. The number of rotatable bonds is 1. The lowest BCUT2D eigenvalue weighted by Crippen LogP contribution is -2.19. The largest absolute Gasteiger partial charge is 0.324 e. The van der Waals surface area contributed by atoms with Crippen LogP contribution in [0.15, 0.2) is 16.6 Å². The van der Waals surface area contributed by atoms with Crippen LogP contribution < -0.4 is 5.73 Å². The number of aryl methyl sites for hydroxylation is 1. The van der Waals surface area contributed by atoms with Gasteiger partial charge in [0.05, 0.1) is 0 Å². The van der Waals surface area contributed by atoms with Gasteiger partial charge in [-0.25, -0.2) is 0 Å². The first-order valence-corrected chi connectivity index (χ1v) is 6.09. The predicted octanol–water partition coefficient (Wildman–Crippen LogP) is 3.35. The molecule has 2 N–H and O–H groups in total. The highest BCUT2D eigenvalue weighted by molar-refractivity contribution is 9.10. The number of halogens is 1. The van der Waals surface area contributed by atoms with Gasteiger partial charge in [-0.1, -0.05) is 28.9 Å². The van der Waals surface area contributed by atoms with E-state index in [4.69, 9.17) is 5.73 Å². The smallest absolute Gasteiger partial charge is 0.0309 e. The summed E-state index contributed by atoms with van der Waals surface area (Å²) in [6.07, 6.45) is 4.67. The summed E-state index contributed by atoms with van der Waals surface area (Å²) in [5.74, 6) is 0.